The van der Waals surface area contributed by atoms with Crippen LogP contribution < -0.4 is 5.73 Å². The standard InChI is InChI=1S/C16H33N3/c1-2-18-11-8-9-16(15-17,10-14-18)19-12-6-4-3-5-7-13-19/h2-15,17H2,1H3. The predicted molar refractivity (Wildman–Crippen MR) is 82.4 cm³/mol. The van der Waals surface area contributed by atoms with Crippen LogP contribution in [0.4, 0.5) is 0 Å². The maximum Gasteiger partial charge on any atom is 0.0344 e. The summed E-state index contributed by atoms with van der Waals surface area (Å²) in [5.74, 6) is 0. The van der Waals surface area contributed by atoms with E-state index in [1.165, 1.54) is 84.1 Å². The number of hydrogen-bond acceptors (Lipinski definition) is 3. The fourth-order valence-corrected chi connectivity index (χ4v) is 3.92. The van der Waals surface area contributed by atoms with Gasteiger partial charge < -0.3 is 10.6 Å². The minimum atomic E-state index is 0.307. The van der Waals surface area contributed by atoms with Gasteiger partial charge in [0.1, 0.15) is 0 Å². The van der Waals surface area contributed by atoms with Crippen LogP contribution in [-0.2, 0) is 0 Å². The summed E-state index contributed by atoms with van der Waals surface area (Å²) in [4.78, 5) is 5.37. The normalized spacial score (nSPS) is 32.5. The van der Waals surface area contributed by atoms with Crippen LogP contribution in [0.5, 0.6) is 0 Å². The molecule has 0 aromatic heterocycles. The van der Waals surface area contributed by atoms with Gasteiger partial charge in [-0.1, -0.05) is 26.2 Å². The summed E-state index contributed by atoms with van der Waals surface area (Å²) in [7, 11) is 0. The average molecular weight is 267 g/mol. The fourth-order valence-electron chi connectivity index (χ4n) is 3.92. The van der Waals surface area contributed by atoms with Gasteiger partial charge in [0, 0.05) is 12.1 Å². The lowest BCUT2D eigenvalue weighted by Crippen LogP contribution is -2.55. The number of hydrogen-bond donors (Lipinski definition) is 1. The van der Waals surface area contributed by atoms with Gasteiger partial charge in [-0.15, -0.1) is 0 Å². The largest absolute Gasteiger partial charge is 0.329 e. The van der Waals surface area contributed by atoms with Crippen LogP contribution in [0.15, 0.2) is 0 Å². The minimum absolute atomic E-state index is 0.307. The zero-order valence-corrected chi connectivity index (χ0v) is 12.9. The Morgan fingerprint density at radius 1 is 0.842 bits per heavy atom. The number of nitrogens with two attached hydrogens (primary N) is 1. The van der Waals surface area contributed by atoms with Gasteiger partial charge in [-0.05, 0) is 64.8 Å². The van der Waals surface area contributed by atoms with Crippen molar-refractivity contribution in [1.82, 2.24) is 9.80 Å². The molecule has 0 amide bonds. The maximum absolute atomic E-state index is 6.26. The Labute approximate surface area is 119 Å². The SMILES string of the molecule is CCN1CCCC(CN)(N2CCCCCCC2)CC1. The third-order valence-electron chi connectivity index (χ3n) is 5.36. The first-order valence-corrected chi connectivity index (χ1v) is 8.48. The lowest BCUT2D eigenvalue weighted by atomic mass is 9.87. The summed E-state index contributed by atoms with van der Waals surface area (Å²) in [6.07, 6.45) is 10.9. The molecule has 0 aromatic carbocycles. The van der Waals surface area contributed by atoms with Crippen LogP contribution in [-0.4, -0.2) is 54.6 Å². The second kappa shape index (κ2) is 7.61. The molecule has 112 valence electrons. The molecule has 2 rings (SSSR count). The molecule has 0 spiro atoms. The molecule has 2 fully saturated rings. The third kappa shape index (κ3) is 3.93. The fraction of sp³-hybridized carbons (Fsp3) is 1.00. The number of likely N-dealkylation sites (tertiary alicyclic amines) is 2. The molecule has 3 heteroatoms. The first-order chi connectivity index (χ1) is 9.30. The highest BCUT2D eigenvalue weighted by atomic mass is 15.2. The molecule has 0 saturated carbocycles. The van der Waals surface area contributed by atoms with E-state index in [0.717, 1.165) is 6.54 Å². The van der Waals surface area contributed by atoms with Crippen molar-refractivity contribution in [1.29, 1.82) is 0 Å². The number of rotatable bonds is 3. The molecule has 0 aliphatic carbocycles. The van der Waals surface area contributed by atoms with Gasteiger partial charge in [0.2, 0.25) is 0 Å². The van der Waals surface area contributed by atoms with E-state index < -0.39 is 0 Å². The summed E-state index contributed by atoms with van der Waals surface area (Å²) < 4.78 is 0. The van der Waals surface area contributed by atoms with Crippen molar-refractivity contribution in [3.63, 3.8) is 0 Å². The van der Waals surface area contributed by atoms with E-state index in [9.17, 15) is 0 Å². The molecular weight excluding hydrogens is 234 g/mol. The molecule has 19 heavy (non-hydrogen) atoms. The Morgan fingerprint density at radius 2 is 1.53 bits per heavy atom. The molecule has 3 nitrogen and oxygen atoms in total. The molecule has 2 aliphatic rings. The topological polar surface area (TPSA) is 32.5 Å². The van der Waals surface area contributed by atoms with E-state index in [-0.39, 0.29) is 0 Å². The summed E-state index contributed by atoms with van der Waals surface area (Å²) >= 11 is 0. The van der Waals surface area contributed by atoms with Crippen molar-refractivity contribution < 1.29 is 0 Å². The van der Waals surface area contributed by atoms with Gasteiger partial charge in [0.05, 0.1) is 0 Å². The van der Waals surface area contributed by atoms with Crippen molar-refractivity contribution in [3.05, 3.63) is 0 Å². The maximum atomic E-state index is 6.26. The van der Waals surface area contributed by atoms with E-state index in [4.69, 9.17) is 5.73 Å². The van der Waals surface area contributed by atoms with E-state index in [0.29, 0.717) is 5.54 Å². The summed E-state index contributed by atoms with van der Waals surface area (Å²) in [5.41, 5.74) is 6.56. The predicted octanol–water partition coefficient (Wildman–Crippen LogP) is 2.46. The minimum Gasteiger partial charge on any atom is -0.329 e. The molecule has 1 atom stereocenters. The van der Waals surface area contributed by atoms with Crippen molar-refractivity contribution in [2.45, 2.75) is 63.8 Å². The van der Waals surface area contributed by atoms with Crippen molar-refractivity contribution in [2.75, 3.05) is 39.3 Å². The van der Waals surface area contributed by atoms with E-state index in [1.54, 1.807) is 0 Å². The quantitative estimate of drug-likeness (QED) is 0.852. The van der Waals surface area contributed by atoms with Gasteiger partial charge in [0.25, 0.3) is 0 Å². The summed E-state index contributed by atoms with van der Waals surface area (Å²) in [6.45, 7) is 9.40. The second-order valence-electron chi connectivity index (χ2n) is 6.47. The summed E-state index contributed by atoms with van der Waals surface area (Å²) in [5, 5.41) is 0. The highest BCUT2D eigenvalue weighted by molar-refractivity contribution is 4.94. The lowest BCUT2D eigenvalue weighted by molar-refractivity contribution is 0.0693. The molecule has 2 saturated heterocycles. The molecule has 2 N–H and O–H groups in total. The van der Waals surface area contributed by atoms with Gasteiger partial charge in [-0.2, -0.15) is 0 Å². The molecule has 0 radical (unpaired) electrons. The highest BCUT2D eigenvalue weighted by Crippen LogP contribution is 2.30. The van der Waals surface area contributed by atoms with Gasteiger partial charge >= 0.3 is 0 Å². The Hall–Kier alpha value is -0.120. The molecule has 1 unspecified atom stereocenters. The Balaban J connectivity index is 2.02. The Kier molecular flexibility index (Phi) is 6.11. The van der Waals surface area contributed by atoms with Crippen molar-refractivity contribution in [3.8, 4) is 0 Å². The molecular formula is C16H33N3. The van der Waals surface area contributed by atoms with Crippen LogP contribution >= 0.6 is 0 Å². The zero-order valence-electron chi connectivity index (χ0n) is 12.9. The van der Waals surface area contributed by atoms with Crippen LogP contribution in [0.1, 0.15) is 58.3 Å². The van der Waals surface area contributed by atoms with Crippen LogP contribution in [0, 0.1) is 0 Å². The van der Waals surface area contributed by atoms with Crippen LogP contribution in [0.3, 0.4) is 0 Å². The van der Waals surface area contributed by atoms with Gasteiger partial charge in [-0.3, -0.25) is 4.90 Å². The monoisotopic (exact) mass is 267 g/mol. The van der Waals surface area contributed by atoms with E-state index in [1.807, 2.05) is 0 Å². The first kappa shape index (κ1) is 15.3. The molecule has 2 heterocycles. The smallest absolute Gasteiger partial charge is 0.0344 e. The first-order valence-electron chi connectivity index (χ1n) is 8.48. The van der Waals surface area contributed by atoms with E-state index >= 15 is 0 Å². The van der Waals surface area contributed by atoms with Crippen molar-refractivity contribution >= 4 is 0 Å². The Bertz CT molecular complexity index is 248. The van der Waals surface area contributed by atoms with Gasteiger partial charge in [-0.25, -0.2) is 0 Å². The Morgan fingerprint density at radius 3 is 2.16 bits per heavy atom. The summed E-state index contributed by atoms with van der Waals surface area (Å²) in [6, 6.07) is 0. The molecule has 0 aromatic rings. The highest BCUT2D eigenvalue weighted by Gasteiger charge is 2.36. The molecule has 0 bridgehead atoms. The van der Waals surface area contributed by atoms with E-state index in [2.05, 4.69) is 16.7 Å². The second-order valence-corrected chi connectivity index (χ2v) is 6.47. The zero-order chi connectivity index (χ0) is 13.6. The molecule has 2 aliphatic heterocycles. The van der Waals surface area contributed by atoms with Crippen LogP contribution in [0.25, 0.3) is 0 Å². The van der Waals surface area contributed by atoms with Gasteiger partial charge in [0.15, 0.2) is 0 Å². The third-order valence-corrected chi connectivity index (χ3v) is 5.36. The van der Waals surface area contributed by atoms with Crippen LogP contribution in [0.2, 0.25) is 0 Å². The van der Waals surface area contributed by atoms with Crippen molar-refractivity contribution in [2.24, 2.45) is 5.73 Å². The lowest BCUT2D eigenvalue weighted by Gasteiger charge is -2.44. The average Bonchev–Trinajstić information content (AvgIpc) is 2.61. The number of nitrogens with zero attached hydrogens (tertiary/aromatic N) is 2.